The maximum atomic E-state index is 13.0. The number of anilines is 1. The van der Waals surface area contributed by atoms with Crippen molar-refractivity contribution in [3.8, 4) is 11.5 Å². The third kappa shape index (κ3) is 5.21. The van der Waals surface area contributed by atoms with Crippen LogP contribution >= 0.6 is 0 Å². The summed E-state index contributed by atoms with van der Waals surface area (Å²) in [6.07, 6.45) is -4.56. The van der Waals surface area contributed by atoms with Gasteiger partial charge in [-0.25, -0.2) is 4.79 Å². The van der Waals surface area contributed by atoms with Crippen LogP contribution in [0.25, 0.3) is 0 Å². The maximum Gasteiger partial charge on any atom is 0.416 e. The highest BCUT2D eigenvalue weighted by Crippen LogP contribution is 2.44. The Kier molecular flexibility index (Phi) is 7.58. The van der Waals surface area contributed by atoms with Crippen LogP contribution in [0.2, 0.25) is 0 Å². The number of nitrogens with zero attached hydrogens (tertiary/aromatic N) is 1. The van der Waals surface area contributed by atoms with Gasteiger partial charge in [-0.3, -0.25) is 9.69 Å². The number of amides is 2. The molecule has 34 heavy (non-hydrogen) atoms. The second-order valence-corrected chi connectivity index (χ2v) is 7.91. The predicted octanol–water partition coefficient (Wildman–Crippen LogP) is 4.99. The lowest BCUT2D eigenvalue weighted by Gasteiger charge is -2.39. The van der Waals surface area contributed by atoms with Gasteiger partial charge in [-0.1, -0.05) is 6.07 Å². The Morgan fingerprint density at radius 1 is 1.12 bits per heavy atom. The number of carbonyl (C=O) groups is 2. The van der Waals surface area contributed by atoms with Gasteiger partial charge < -0.3 is 19.5 Å². The minimum Gasteiger partial charge on any atom is -0.493 e. The molecule has 7 nitrogen and oxygen atoms in total. The Bertz CT molecular complexity index is 1060. The van der Waals surface area contributed by atoms with Gasteiger partial charge in [0.25, 0.3) is 5.91 Å². The number of carbonyl (C=O) groups excluding carboxylic acids is 2. The molecule has 0 saturated carbocycles. The van der Waals surface area contributed by atoms with Gasteiger partial charge in [0.05, 0.1) is 32.1 Å². The summed E-state index contributed by atoms with van der Waals surface area (Å²) in [5.74, 6) is 0.0315. The number of halogens is 3. The van der Waals surface area contributed by atoms with Crippen molar-refractivity contribution in [2.75, 3.05) is 32.3 Å². The normalized spacial score (nSPS) is 17.6. The highest BCUT2D eigenvalue weighted by atomic mass is 19.4. The number of methoxy groups -OCH3 is 2. The molecule has 0 bridgehead atoms. The Balaban J connectivity index is 1.90. The van der Waals surface area contributed by atoms with Crippen LogP contribution < -0.4 is 19.7 Å². The molecule has 0 fully saturated rings. The molecule has 10 heteroatoms. The topological polar surface area (TPSA) is 77.1 Å². The zero-order valence-electron chi connectivity index (χ0n) is 19.4. The third-order valence-electron chi connectivity index (χ3n) is 5.72. The van der Waals surface area contributed by atoms with Crippen LogP contribution in [0.15, 0.2) is 36.4 Å². The van der Waals surface area contributed by atoms with Crippen molar-refractivity contribution >= 4 is 17.7 Å². The lowest BCUT2D eigenvalue weighted by atomic mass is 9.85. The first-order valence-corrected chi connectivity index (χ1v) is 10.8. The molecule has 0 radical (unpaired) electrons. The fraction of sp³-hybridized carbons (Fsp3) is 0.417. The molecule has 0 aliphatic carbocycles. The molecule has 2 amide bonds. The summed E-state index contributed by atoms with van der Waals surface area (Å²) in [4.78, 5) is 26.8. The molecular weight excluding hydrogens is 453 g/mol. The fourth-order valence-corrected chi connectivity index (χ4v) is 4.12. The summed E-state index contributed by atoms with van der Waals surface area (Å²) in [5.41, 5.74) is 0.319. The van der Waals surface area contributed by atoms with Gasteiger partial charge in [-0.2, -0.15) is 13.2 Å². The number of hydrogen-bond acceptors (Lipinski definition) is 5. The molecular formula is C24H27F3N2O5. The largest absolute Gasteiger partial charge is 0.493 e. The number of hydrogen-bond donors (Lipinski definition) is 1. The number of nitrogens with one attached hydrogen (secondary N) is 1. The van der Waals surface area contributed by atoms with Crippen molar-refractivity contribution in [1.29, 1.82) is 0 Å². The monoisotopic (exact) mass is 480 g/mol. The molecule has 2 aromatic rings. The summed E-state index contributed by atoms with van der Waals surface area (Å²) >= 11 is 0. The van der Waals surface area contributed by atoms with E-state index >= 15 is 0 Å². The van der Waals surface area contributed by atoms with E-state index in [0.29, 0.717) is 23.6 Å². The zero-order chi connectivity index (χ0) is 25.0. The maximum absolute atomic E-state index is 13.0. The first-order chi connectivity index (χ1) is 16.1. The van der Waals surface area contributed by atoms with E-state index in [9.17, 15) is 22.8 Å². The summed E-state index contributed by atoms with van der Waals surface area (Å²) < 4.78 is 55.0. The van der Waals surface area contributed by atoms with Gasteiger partial charge in [0.2, 0.25) is 0 Å². The Hall–Kier alpha value is -3.43. The molecule has 1 aliphatic rings. The van der Waals surface area contributed by atoms with E-state index in [4.69, 9.17) is 14.2 Å². The first kappa shape index (κ1) is 25.2. The third-order valence-corrected chi connectivity index (χ3v) is 5.72. The van der Waals surface area contributed by atoms with E-state index in [0.717, 1.165) is 17.7 Å². The summed E-state index contributed by atoms with van der Waals surface area (Å²) in [5, 5.41) is 2.73. The first-order valence-electron chi connectivity index (χ1n) is 10.8. The molecule has 2 atom stereocenters. The Morgan fingerprint density at radius 2 is 1.79 bits per heavy atom. The van der Waals surface area contributed by atoms with Gasteiger partial charge in [0, 0.05) is 30.1 Å². The fourth-order valence-electron chi connectivity index (χ4n) is 4.12. The molecule has 184 valence electrons. The quantitative estimate of drug-likeness (QED) is 0.630. The van der Waals surface area contributed by atoms with Gasteiger partial charge in [0.1, 0.15) is 0 Å². The van der Waals surface area contributed by atoms with E-state index in [-0.39, 0.29) is 30.7 Å². The average Bonchev–Trinajstić information content (AvgIpc) is 2.81. The van der Waals surface area contributed by atoms with Gasteiger partial charge >= 0.3 is 12.3 Å². The lowest BCUT2D eigenvalue weighted by Crippen LogP contribution is -2.45. The van der Waals surface area contributed by atoms with Gasteiger partial charge in [-0.15, -0.1) is 0 Å². The van der Waals surface area contributed by atoms with Gasteiger partial charge in [0.15, 0.2) is 11.5 Å². The van der Waals surface area contributed by atoms with E-state index in [1.165, 1.54) is 31.3 Å². The van der Waals surface area contributed by atoms with E-state index < -0.39 is 23.7 Å². The summed E-state index contributed by atoms with van der Waals surface area (Å²) in [6, 6.07) is 7.43. The van der Waals surface area contributed by atoms with Crippen LogP contribution in [0.1, 0.15) is 47.7 Å². The highest BCUT2D eigenvalue weighted by Gasteiger charge is 2.36. The van der Waals surface area contributed by atoms with Gasteiger partial charge in [-0.05, 0) is 50.1 Å². The minimum absolute atomic E-state index is 0.0839. The highest BCUT2D eigenvalue weighted by molar-refractivity contribution is 5.94. The average molecular weight is 480 g/mol. The second-order valence-electron chi connectivity index (χ2n) is 7.91. The smallest absolute Gasteiger partial charge is 0.416 e. The molecule has 0 aromatic heterocycles. The second kappa shape index (κ2) is 10.2. The van der Waals surface area contributed by atoms with E-state index in [2.05, 4.69) is 5.32 Å². The van der Waals surface area contributed by atoms with Crippen LogP contribution in [0.4, 0.5) is 23.7 Å². The molecule has 1 heterocycles. The van der Waals surface area contributed by atoms with Crippen molar-refractivity contribution in [3.63, 3.8) is 0 Å². The number of ether oxygens (including phenoxy) is 3. The zero-order valence-corrected chi connectivity index (χ0v) is 19.4. The summed E-state index contributed by atoms with van der Waals surface area (Å²) in [7, 11) is 2.97. The number of benzene rings is 2. The van der Waals surface area contributed by atoms with Crippen molar-refractivity contribution in [2.45, 2.75) is 38.4 Å². The molecule has 2 aromatic carbocycles. The van der Waals surface area contributed by atoms with Crippen LogP contribution in [0, 0.1) is 0 Å². The Morgan fingerprint density at radius 3 is 2.41 bits per heavy atom. The van der Waals surface area contributed by atoms with E-state index in [1.54, 1.807) is 19.1 Å². The van der Waals surface area contributed by atoms with Crippen molar-refractivity contribution in [2.24, 2.45) is 0 Å². The van der Waals surface area contributed by atoms with Crippen molar-refractivity contribution in [3.05, 3.63) is 53.1 Å². The Labute approximate surface area is 195 Å². The summed E-state index contributed by atoms with van der Waals surface area (Å²) in [6.45, 7) is 3.94. The standard InChI is InChI=1S/C24H27F3N2O5/c1-5-34-23(31)29-14(2)9-16(18-11-20(32-3)21(33-4)12-19(18)29)13-28-22(30)15-7-6-8-17(10-15)24(25,26)27/h6-8,10-12,14,16H,5,9,13H2,1-4H3,(H,28,30). The SMILES string of the molecule is CCOC(=O)N1c2cc(OC)c(OC)cc2C(CNC(=O)c2cccc(C(F)(F)F)c2)CC1C. The molecule has 2 unspecified atom stereocenters. The van der Waals surface area contributed by atoms with E-state index in [1.807, 2.05) is 6.92 Å². The number of fused-ring (bicyclic) bond motifs is 1. The molecule has 1 aliphatic heterocycles. The number of rotatable bonds is 6. The van der Waals surface area contributed by atoms with Crippen LogP contribution in [-0.2, 0) is 10.9 Å². The molecule has 0 saturated heterocycles. The van der Waals surface area contributed by atoms with Crippen LogP contribution in [0.3, 0.4) is 0 Å². The molecule has 1 N–H and O–H groups in total. The van der Waals surface area contributed by atoms with Crippen molar-refractivity contribution in [1.82, 2.24) is 5.32 Å². The predicted molar refractivity (Wildman–Crippen MR) is 120 cm³/mol. The van der Waals surface area contributed by atoms with Crippen molar-refractivity contribution < 1.29 is 37.0 Å². The lowest BCUT2D eigenvalue weighted by molar-refractivity contribution is -0.137. The van der Waals surface area contributed by atoms with Crippen LogP contribution in [-0.4, -0.2) is 45.4 Å². The van der Waals surface area contributed by atoms with Crippen LogP contribution in [0.5, 0.6) is 11.5 Å². The number of alkyl halides is 3. The molecule has 3 rings (SSSR count). The minimum atomic E-state index is -4.54. The molecule has 0 spiro atoms.